The standard InChI is InChI=1S/C42H71NO3/c1-3-5-7-9-11-13-15-16-17-18-19-20-21-22-23-24-25-26-28-30-32-34-36-38-42(46)43-40(39-44)41(45)37-35-33-31-29-27-14-12-10-8-6-4-2/h5,7,11,13,16-17,19-20,22-23,25-26,30,32,40-41,44-45H,3-4,6,8-10,12,14-15,18,21,24,27-29,31,33-39H2,1-2H3,(H,43,46)/b7-5-,13-11-,17-16-,20-19-,23-22-,26-25-,32-30-. The van der Waals surface area contributed by atoms with Crippen LogP contribution < -0.4 is 5.32 Å². The molecule has 0 fully saturated rings. The van der Waals surface area contributed by atoms with Crippen molar-refractivity contribution >= 4 is 5.91 Å². The Balaban J connectivity index is 3.76. The molecule has 0 aliphatic heterocycles. The number of aliphatic hydroxyl groups excluding tert-OH is 2. The van der Waals surface area contributed by atoms with E-state index < -0.39 is 12.1 Å². The quantitative estimate of drug-likeness (QED) is 0.0508. The van der Waals surface area contributed by atoms with Crippen LogP contribution in [-0.2, 0) is 4.79 Å². The molecule has 46 heavy (non-hydrogen) atoms. The number of carbonyl (C=O) groups is 1. The predicted octanol–water partition coefficient (Wildman–Crippen LogP) is 11.3. The molecule has 0 bridgehead atoms. The van der Waals surface area contributed by atoms with Gasteiger partial charge in [0, 0.05) is 6.42 Å². The van der Waals surface area contributed by atoms with E-state index in [1.807, 2.05) is 0 Å². The van der Waals surface area contributed by atoms with E-state index in [1.54, 1.807) is 0 Å². The molecule has 0 spiro atoms. The lowest BCUT2D eigenvalue weighted by molar-refractivity contribution is -0.123. The van der Waals surface area contributed by atoms with E-state index in [0.29, 0.717) is 12.8 Å². The number of hydrogen-bond acceptors (Lipinski definition) is 3. The highest BCUT2D eigenvalue weighted by Crippen LogP contribution is 2.13. The zero-order valence-electron chi connectivity index (χ0n) is 29.8. The number of allylic oxidation sites excluding steroid dienone is 14. The smallest absolute Gasteiger partial charge is 0.220 e. The number of aliphatic hydroxyl groups is 2. The zero-order valence-corrected chi connectivity index (χ0v) is 29.8. The average Bonchev–Trinajstić information content (AvgIpc) is 3.06. The minimum Gasteiger partial charge on any atom is -0.394 e. The van der Waals surface area contributed by atoms with Crippen molar-refractivity contribution in [3.63, 3.8) is 0 Å². The molecule has 0 aromatic rings. The van der Waals surface area contributed by atoms with Gasteiger partial charge in [-0.15, -0.1) is 0 Å². The van der Waals surface area contributed by atoms with Crippen LogP contribution in [0.15, 0.2) is 85.1 Å². The number of hydrogen-bond donors (Lipinski definition) is 3. The summed E-state index contributed by atoms with van der Waals surface area (Å²) >= 11 is 0. The average molecular weight is 638 g/mol. The summed E-state index contributed by atoms with van der Waals surface area (Å²) in [7, 11) is 0. The van der Waals surface area contributed by atoms with E-state index in [0.717, 1.165) is 70.6 Å². The fraction of sp³-hybridized carbons (Fsp3) is 0.643. The van der Waals surface area contributed by atoms with Crippen LogP contribution in [-0.4, -0.2) is 34.9 Å². The second-order valence-corrected chi connectivity index (χ2v) is 12.3. The fourth-order valence-electron chi connectivity index (χ4n) is 5.05. The predicted molar refractivity (Wildman–Crippen MR) is 202 cm³/mol. The number of nitrogens with one attached hydrogen (secondary N) is 1. The van der Waals surface area contributed by atoms with Gasteiger partial charge >= 0.3 is 0 Å². The first-order chi connectivity index (χ1) is 22.7. The molecule has 2 atom stereocenters. The Bertz CT molecular complexity index is 864. The normalized spacial score (nSPS) is 14.1. The van der Waals surface area contributed by atoms with Crippen LogP contribution in [0.25, 0.3) is 0 Å². The fourth-order valence-corrected chi connectivity index (χ4v) is 5.05. The van der Waals surface area contributed by atoms with Crippen molar-refractivity contribution in [2.75, 3.05) is 6.61 Å². The van der Waals surface area contributed by atoms with Crippen molar-refractivity contribution in [1.82, 2.24) is 5.32 Å². The maximum absolute atomic E-state index is 12.3. The molecule has 0 saturated carbocycles. The van der Waals surface area contributed by atoms with E-state index in [9.17, 15) is 15.0 Å². The van der Waals surface area contributed by atoms with Crippen LogP contribution >= 0.6 is 0 Å². The summed E-state index contributed by atoms with van der Waals surface area (Å²) in [5.74, 6) is -0.0950. The van der Waals surface area contributed by atoms with Crippen molar-refractivity contribution in [3.05, 3.63) is 85.1 Å². The van der Waals surface area contributed by atoms with Gasteiger partial charge in [0.2, 0.25) is 5.91 Å². The van der Waals surface area contributed by atoms with E-state index in [1.165, 1.54) is 57.8 Å². The van der Waals surface area contributed by atoms with Gasteiger partial charge in [-0.25, -0.2) is 0 Å². The van der Waals surface area contributed by atoms with Gasteiger partial charge in [0.05, 0.1) is 18.8 Å². The SMILES string of the molecule is CC/C=C\C/C=C\C/C=C\C/C=C\C/C=C\C/C=C\C/C=C\CCCC(=O)NC(CO)C(O)CCCCCCCCCCCCC. The molecule has 1 amide bonds. The third kappa shape index (κ3) is 32.9. The lowest BCUT2D eigenvalue weighted by Crippen LogP contribution is -2.45. The molecular weight excluding hydrogens is 566 g/mol. The van der Waals surface area contributed by atoms with Gasteiger partial charge in [-0.05, 0) is 64.2 Å². The zero-order chi connectivity index (χ0) is 33.6. The summed E-state index contributed by atoms with van der Waals surface area (Å²) in [4.78, 5) is 12.3. The Morgan fingerprint density at radius 3 is 1.35 bits per heavy atom. The lowest BCUT2D eigenvalue weighted by Gasteiger charge is -2.22. The topological polar surface area (TPSA) is 69.6 Å². The Hall–Kier alpha value is -2.43. The molecule has 0 rings (SSSR count). The summed E-state index contributed by atoms with van der Waals surface area (Å²) in [6.45, 7) is 4.18. The molecule has 4 heteroatoms. The molecule has 0 aliphatic carbocycles. The van der Waals surface area contributed by atoms with Crippen LogP contribution in [0.1, 0.15) is 155 Å². The molecule has 262 valence electrons. The molecular formula is C42H71NO3. The van der Waals surface area contributed by atoms with E-state index >= 15 is 0 Å². The molecule has 0 aromatic carbocycles. The summed E-state index contributed by atoms with van der Waals surface area (Å²) in [6, 6.07) is -0.570. The first-order valence-electron chi connectivity index (χ1n) is 18.8. The summed E-state index contributed by atoms with van der Waals surface area (Å²) in [5.41, 5.74) is 0. The monoisotopic (exact) mass is 638 g/mol. The van der Waals surface area contributed by atoms with Crippen molar-refractivity contribution in [3.8, 4) is 0 Å². The van der Waals surface area contributed by atoms with Gasteiger partial charge in [-0.3, -0.25) is 4.79 Å². The van der Waals surface area contributed by atoms with Crippen molar-refractivity contribution < 1.29 is 15.0 Å². The second kappa shape index (κ2) is 37.0. The van der Waals surface area contributed by atoms with Gasteiger partial charge in [-0.2, -0.15) is 0 Å². The van der Waals surface area contributed by atoms with Gasteiger partial charge in [-0.1, -0.05) is 170 Å². The number of rotatable bonds is 32. The van der Waals surface area contributed by atoms with E-state index in [4.69, 9.17) is 0 Å². The van der Waals surface area contributed by atoms with E-state index in [2.05, 4.69) is 104 Å². The largest absolute Gasteiger partial charge is 0.394 e. The number of amides is 1. The Labute approximate surface area is 284 Å². The van der Waals surface area contributed by atoms with Crippen molar-refractivity contribution in [2.24, 2.45) is 0 Å². The highest BCUT2D eigenvalue weighted by Gasteiger charge is 2.19. The maximum Gasteiger partial charge on any atom is 0.220 e. The maximum atomic E-state index is 12.3. The van der Waals surface area contributed by atoms with Gasteiger partial charge < -0.3 is 15.5 Å². The molecule has 0 heterocycles. The minimum absolute atomic E-state index is 0.0950. The molecule has 0 radical (unpaired) electrons. The van der Waals surface area contributed by atoms with Crippen molar-refractivity contribution in [1.29, 1.82) is 0 Å². The van der Waals surface area contributed by atoms with Crippen LogP contribution in [0.3, 0.4) is 0 Å². The Morgan fingerprint density at radius 2 is 0.935 bits per heavy atom. The summed E-state index contributed by atoms with van der Waals surface area (Å²) in [5, 5.41) is 23.0. The van der Waals surface area contributed by atoms with Gasteiger partial charge in [0.25, 0.3) is 0 Å². The van der Waals surface area contributed by atoms with Crippen LogP contribution in [0.5, 0.6) is 0 Å². The lowest BCUT2D eigenvalue weighted by atomic mass is 10.0. The Morgan fingerprint density at radius 1 is 0.543 bits per heavy atom. The number of unbranched alkanes of at least 4 members (excludes halogenated alkanes) is 11. The highest BCUT2D eigenvalue weighted by atomic mass is 16.3. The third-order valence-electron chi connectivity index (χ3n) is 7.92. The van der Waals surface area contributed by atoms with E-state index in [-0.39, 0.29) is 12.5 Å². The summed E-state index contributed by atoms with van der Waals surface area (Å²) < 4.78 is 0. The molecule has 0 saturated heterocycles. The first kappa shape index (κ1) is 43.6. The van der Waals surface area contributed by atoms with Crippen LogP contribution in [0.2, 0.25) is 0 Å². The first-order valence-corrected chi connectivity index (χ1v) is 18.8. The molecule has 0 aliphatic rings. The van der Waals surface area contributed by atoms with Crippen molar-refractivity contribution in [2.45, 2.75) is 167 Å². The Kier molecular flexibility index (Phi) is 35.1. The number of carbonyl (C=O) groups excluding carboxylic acids is 1. The molecule has 4 nitrogen and oxygen atoms in total. The minimum atomic E-state index is -0.686. The molecule has 3 N–H and O–H groups in total. The van der Waals surface area contributed by atoms with Gasteiger partial charge in [0.15, 0.2) is 0 Å². The van der Waals surface area contributed by atoms with Gasteiger partial charge in [0.1, 0.15) is 0 Å². The highest BCUT2D eigenvalue weighted by molar-refractivity contribution is 5.76. The second-order valence-electron chi connectivity index (χ2n) is 12.3. The van der Waals surface area contributed by atoms with Crippen LogP contribution in [0, 0.1) is 0 Å². The molecule has 2 unspecified atom stereocenters. The van der Waals surface area contributed by atoms with Crippen LogP contribution in [0.4, 0.5) is 0 Å². The third-order valence-corrected chi connectivity index (χ3v) is 7.92. The summed E-state index contributed by atoms with van der Waals surface area (Å²) in [6.07, 6.45) is 53.5. The molecule has 0 aromatic heterocycles.